The van der Waals surface area contributed by atoms with Gasteiger partial charge in [-0.3, -0.25) is 14.5 Å². The molecular weight excluding hydrogens is 446 g/mol. The molecule has 1 fully saturated rings. The van der Waals surface area contributed by atoms with Crippen molar-refractivity contribution in [1.82, 2.24) is 14.8 Å². The Hall–Kier alpha value is -3.41. The Morgan fingerprint density at radius 2 is 1.56 bits per heavy atom. The van der Waals surface area contributed by atoms with E-state index in [1.54, 1.807) is 30.5 Å². The Morgan fingerprint density at radius 1 is 0.824 bits per heavy atom. The zero-order chi connectivity index (χ0) is 23.5. The molecule has 2 heterocycles. The summed E-state index contributed by atoms with van der Waals surface area (Å²) in [5, 5.41) is 1.26. The van der Waals surface area contributed by atoms with Crippen molar-refractivity contribution in [3.63, 3.8) is 0 Å². The number of carbonyl (C=O) groups is 2. The number of hydrogen-bond donors (Lipinski definition) is 1. The van der Waals surface area contributed by atoms with Gasteiger partial charge in [-0.1, -0.05) is 48.0 Å². The van der Waals surface area contributed by atoms with Crippen LogP contribution in [0.3, 0.4) is 0 Å². The van der Waals surface area contributed by atoms with Crippen molar-refractivity contribution >= 4 is 34.2 Å². The van der Waals surface area contributed by atoms with Crippen molar-refractivity contribution < 1.29 is 9.59 Å². The van der Waals surface area contributed by atoms with Crippen LogP contribution in [0.4, 0.5) is 0 Å². The van der Waals surface area contributed by atoms with Crippen LogP contribution >= 0.6 is 11.6 Å². The first-order chi connectivity index (χ1) is 16.6. The summed E-state index contributed by atoms with van der Waals surface area (Å²) in [6.07, 6.45) is 2.70. The monoisotopic (exact) mass is 471 g/mol. The molecule has 1 amide bonds. The quantitative estimate of drug-likeness (QED) is 0.400. The van der Waals surface area contributed by atoms with E-state index in [1.165, 1.54) is 5.56 Å². The van der Waals surface area contributed by atoms with Crippen LogP contribution in [0.15, 0.2) is 79.0 Å². The molecule has 0 unspecified atom stereocenters. The zero-order valence-corrected chi connectivity index (χ0v) is 19.6. The number of fused-ring (bicyclic) bond motifs is 1. The van der Waals surface area contributed by atoms with Crippen LogP contribution in [0.25, 0.3) is 10.9 Å². The summed E-state index contributed by atoms with van der Waals surface area (Å²) in [7, 11) is 0. The predicted molar refractivity (Wildman–Crippen MR) is 136 cm³/mol. The van der Waals surface area contributed by atoms with E-state index in [-0.39, 0.29) is 11.7 Å². The first-order valence-corrected chi connectivity index (χ1v) is 11.9. The van der Waals surface area contributed by atoms with Gasteiger partial charge in [-0.25, -0.2) is 0 Å². The third-order valence-electron chi connectivity index (χ3n) is 6.51. The minimum atomic E-state index is -0.131. The number of ketones is 1. The number of piperazine rings is 1. The normalized spacial score (nSPS) is 14.4. The minimum absolute atomic E-state index is 0.0296. The lowest BCUT2D eigenvalue weighted by Gasteiger charge is -2.35. The molecule has 4 aromatic rings. The number of halogens is 1. The SMILES string of the molecule is O=C(c1ccc(Cl)cc1)c1c[nH]c2cccc(C(=O)N3CCN(CCc4ccccc4)CC3)c12. The van der Waals surface area contributed by atoms with Crippen molar-refractivity contribution in [3.05, 3.63) is 106 Å². The molecule has 0 aliphatic carbocycles. The Bertz CT molecular complexity index is 1310. The molecule has 34 heavy (non-hydrogen) atoms. The van der Waals surface area contributed by atoms with E-state index < -0.39 is 0 Å². The number of rotatable bonds is 6. The first-order valence-electron chi connectivity index (χ1n) is 11.6. The molecule has 172 valence electrons. The number of carbonyl (C=O) groups excluding carboxylic acids is 2. The van der Waals surface area contributed by atoms with Gasteiger partial charge in [-0.05, 0) is 48.4 Å². The fraction of sp³-hybridized carbons (Fsp3) is 0.214. The average molecular weight is 472 g/mol. The second-order valence-electron chi connectivity index (χ2n) is 8.64. The van der Waals surface area contributed by atoms with Gasteiger partial charge in [0.25, 0.3) is 5.91 Å². The van der Waals surface area contributed by atoms with E-state index in [0.29, 0.717) is 40.2 Å². The molecular formula is C28H26ClN3O2. The third-order valence-corrected chi connectivity index (χ3v) is 6.76. The molecule has 1 saturated heterocycles. The Labute approximate surface area is 203 Å². The number of amides is 1. The summed E-state index contributed by atoms with van der Waals surface area (Å²) in [5.74, 6) is -0.160. The lowest BCUT2D eigenvalue weighted by atomic mass is 9.98. The Morgan fingerprint density at radius 3 is 2.29 bits per heavy atom. The van der Waals surface area contributed by atoms with Crippen LogP contribution in [-0.4, -0.2) is 59.2 Å². The van der Waals surface area contributed by atoms with E-state index in [1.807, 2.05) is 29.2 Å². The third kappa shape index (κ3) is 4.63. The van der Waals surface area contributed by atoms with Crippen molar-refractivity contribution in [1.29, 1.82) is 0 Å². The van der Waals surface area contributed by atoms with Crippen LogP contribution < -0.4 is 0 Å². The maximum atomic E-state index is 13.5. The molecule has 0 atom stereocenters. The molecule has 1 aliphatic rings. The van der Waals surface area contributed by atoms with Crippen LogP contribution in [0.2, 0.25) is 5.02 Å². The molecule has 1 N–H and O–H groups in total. The highest BCUT2D eigenvalue weighted by molar-refractivity contribution is 6.30. The number of benzene rings is 3. The van der Waals surface area contributed by atoms with Gasteiger partial charge >= 0.3 is 0 Å². The van der Waals surface area contributed by atoms with E-state index in [9.17, 15) is 9.59 Å². The van der Waals surface area contributed by atoms with Crippen molar-refractivity contribution in [2.45, 2.75) is 6.42 Å². The number of nitrogens with zero attached hydrogens (tertiary/aromatic N) is 2. The molecule has 0 bridgehead atoms. The molecule has 5 rings (SSSR count). The van der Waals surface area contributed by atoms with Gasteiger partial charge in [-0.15, -0.1) is 0 Å². The fourth-order valence-electron chi connectivity index (χ4n) is 4.58. The van der Waals surface area contributed by atoms with Gasteiger partial charge in [0.15, 0.2) is 5.78 Å². The zero-order valence-electron chi connectivity index (χ0n) is 18.8. The summed E-state index contributed by atoms with van der Waals surface area (Å²) < 4.78 is 0. The maximum absolute atomic E-state index is 13.5. The standard InChI is InChI=1S/C28H26ClN3O2/c29-22-11-9-21(10-12-22)27(33)24-19-30-25-8-4-7-23(26(24)25)28(34)32-17-15-31(16-18-32)14-13-20-5-2-1-3-6-20/h1-12,19,30H,13-18H2. The second-order valence-corrected chi connectivity index (χ2v) is 9.07. The first kappa shape index (κ1) is 22.4. The van der Waals surface area contributed by atoms with Crippen LogP contribution in [0, 0.1) is 0 Å². The van der Waals surface area contributed by atoms with Crippen molar-refractivity contribution in [2.75, 3.05) is 32.7 Å². The van der Waals surface area contributed by atoms with Crippen molar-refractivity contribution in [2.24, 2.45) is 0 Å². The van der Waals surface area contributed by atoms with E-state index >= 15 is 0 Å². The predicted octanol–water partition coefficient (Wildman–Crippen LogP) is 5.05. The van der Waals surface area contributed by atoms with Gasteiger partial charge in [0.05, 0.1) is 0 Å². The minimum Gasteiger partial charge on any atom is -0.360 e. The molecule has 1 aromatic heterocycles. The molecule has 1 aliphatic heterocycles. The van der Waals surface area contributed by atoms with Crippen LogP contribution in [0.5, 0.6) is 0 Å². The Kier molecular flexibility index (Phi) is 6.48. The molecule has 3 aromatic carbocycles. The summed E-state index contributed by atoms with van der Waals surface area (Å²) >= 11 is 5.98. The highest BCUT2D eigenvalue weighted by atomic mass is 35.5. The summed E-state index contributed by atoms with van der Waals surface area (Å²) in [4.78, 5) is 34.2. The molecule has 5 nitrogen and oxygen atoms in total. The summed E-state index contributed by atoms with van der Waals surface area (Å²) in [6.45, 7) is 4.03. The maximum Gasteiger partial charge on any atom is 0.254 e. The topological polar surface area (TPSA) is 56.4 Å². The lowest BCUT2D eigenvalue weighted by Crippen LogP contribution is -2.49. The number of H-pyrrole nitrogens is 1. The van der Waals surface area contributed by atoms with E-state index in [2.05, 4.69) is 34.1 Å². The van der Waals surface area contributed by atoms with E-state index in [0.717, 1.165) is 31.6 Å². The van der Waals surface area contributed by atoms with Crippen LogP contribution in [0.1, 0.15) is 31.8 Å². The second kappa shape index (κ2) is 9.84. The Balaban J connectivity index is 1.31. The highest BCUT2D eigenvalue weighted by Gasteiger charge is 2.26. The van der Waals surface area contributed by atoms with Gasteiger partial charge in [0, 0.05) is 71.5 Å². The lowest BCUT2D eigenvalue weighted by molar-refractivity contribution is 0.0640. The molecule has 6 heteroatoms. The molecule has 0 saturated carbocycles. The van der Waals surface area contributed by atoms with Gasteiger partial charge < -0.3 is 9.88 Å². The highest BCUT2D eigenvalue weighted by Crippen LogP contribution is 2.27. The summed E-state index contributed by atoms with van der Waals surface area (Å²) in [5.41, 5.74) is 3.72. The largest absolute Gasteiger partial charge is 0.360 e. The van der Waals surface area contributed by atoms with Gasteiger partial charge in [-0.2, -0.15) is 0 Å². The van der Waals surface area contributed by atoms with Gasteiger partial charge in [0.1, 0.15) is 0 Å². The molecule has 0 spiro atoms. The van der Waals surface area contributed by atoms with E-state index in [4.69, 9.17) is 11.6 Å². The van der Waals surface area contributed by atoms with Gasteiger partial charge in [0.2, 0.25) is 0 Å². The number of hydrogen-bond acceptors (Lipinski definition) is 3. The number of aromatic nitrogens is 1. The molecule has 0 radical (unpaired) electrons. The van der Waals surface area contributed by atoms with Crippen LogP contribution in [-0.2, 0) is 6.42 Å². The average Bonchev–Trinajstić information content (AvgIpc) is 3.32. The summed E-state index contributed by atoms with van der Waals surface area (Å²) in [6, 6.07) is 22.9. The fourth-order valence-corrected chi connectivity index (χ4v) is 4.70. The van der Waals surface area contributed by atoms with Crippen molar-refractivity contribution in [3.8, 4) is 0 Å². The number of nitrogens with one attached hydrogen (secondary N) is 1. The smallest absolute Gasteiger partial charge is 0.254 e. The number of aromatic amines is 1.